The average molecular weight is 270 g/mol. The lowest BCUT2D eigenvalue weighted by Crippen LogP contribution is -2.33. The highest BCUT2D eigenvalue weighted by molar-refractivity contribution is 5.85. The molecule has 4 nitrogen and oxygen atoms in total. The first-order chi connectivity index (χ1) is 9.76. The molecule has 2 rings (SSSR count). The summed E-state index contributed by atoms with van der Waals surface area (Å²) in [6, 6.07) is 17.7. The summed E-state index contributed by atoms with van der Waals surface area (Å²) in [6.45, 7) is 1.92. The minimum absolute atomic E-state index is 0.0790. The monoisotopic (exact) mass is 270 g/mol. The summed E-state index contributed by atoms with van der Waals surface area (Å²) >= 11 is 0. The molecule has 1 atom stereocenters. The number of ether oxygens (including phenoxy) is 1. The maximum Gasteiger partial charge on any atom is 0.180 e. The Morgan fingerprint density at radius 1 is 1.15 bits per heavy atom. The zero-order valence-electron chi connectivity index (χ0n) is 11.4. The van der Waals surface area contributed by atoms with Crippen LogP contribution >= 0.6 is 0 Å². The lowest BCUT2D eigenvalue weighted by Gasteiger charge is -2.18. The Morgan fingerprint density at radius 3 is 2.45 bits per heavy atom. The van der Waals surface area contributed by atoms with Crippen LogP contribution in [0.15, 0.2) is 59.8 Å². The van der Waals surface area contributed by atoms with Crippen LogP contribution in [0.5, 0.6) is 5.75 Å². The van der Waals surface area contributed by atoms with Gasteiger partial charge in [0.1, 0.15) is 5.75 Å². The summed E-state index contributed by atoms with van der Waals surface area (Å²) in [5, 5.41) is 11.8. The molecule has 2 aromatic carbocycles. The van der Waals surface area contributed by atoms with Crippen molar-refractivity contribution in [3.63, 3.8) is 0 Å². The van der Waals surface area contributed by atoms with Crippen molar-refractivity contribution in [2.24, 2.45) is 10.9 Å². The summed E-state index contributed by atoms with van der Waals surface area (Å²) < 4.78 is 5.89. The van der Waals surface area contributed by atoms with E-state index < -0.39 is 6.10 Å². The molecule has 20 heavy (non-hydrogen) atoms. The maximum absolute atomic E-state index is 8.78. The van der Waals surface area contributed by atoms with Gasteiger partial charge in [-0.05, 0) is 18.1 Å². The highest BCUT2D eigenvalue weighted by atomic mass is 16.5. The fourth-order valence-corrected chi connectivity index (χ4v) is 2.00. The standard InChI is InChI=1S/C16H18N2O2/c1-2-14(16(17)18-19)20-15-11-7-6-10-13(15)12-8-4-3-5-9-12/h3-11,14,19H,2H2,1H3,(H2,17,18). The van der Waals surface area contributed by atoms with Crippen molar-refractivity contribution in [2.45, 2.75) is 19.4 Å². The number of hydrogen-bond donors (Lipinski definition) is 2. The molecule has 1 unspecified atom stereocenters. The number of amidine groups is 1. The smallest absolute Gasteiger partial charge is 0.180 e. The molecule has 0 aliphatic rings. The molecular weight excluding hydrogens is 252 g/mol. The molecule has 0 amide bonds. The first-order valence-corrected chi connectivity index (χ1v) is 6.54. The molecule has 0 fully saturated rings. The third-order valence-corrected chi connectivity index (χ3v) is 3.06. The van der Waals surface area contributed by atoms with Crippen LogP contribution in [0.1, 0.15) is 13.3 Å². The van der Waals surface area contributed by atoms with E-state index in [9.17, 15) is 0 Å². The van der Waals surface area contributed by atoms with Gasteiger partial charge in [-0.2, -0.15) is 0 Å². The van der Waals surface area contributed by atoms with E-state index in [0.717, 1.165) is 16.9 Å². The zero-order chi connectivity index (χ0) is 14.4. The Morgan fingerprint density at radius 2 is 1.80 bits per heavy atom. The highest BCUT2D eigenvalue weighted by Gasteiger charge is 2.15. The molecular formula is C16H18N2O2. The normalized spacial score (nSPS) is 12.9. The number of benzene rings is 2. The summed E-state index contributed by atoms with van der Waals surface area (Å²) in [5.41, 5.74) is 7.69. The van der Waals surface area contributed by atoms with Crippen molar-refractivity contribution in [1.82, 2.24) is 0 Å². The first kappa shape index (κ1) is 13.9. The lowest BCUT2D eigenvalue weighted by molar-refractivity contribution is 0.247. The minimum Gasteiger partial charge on any atom is -0.482 e. The topological polar surface area (TPSA) is 67.8 Å². The molecule has 0 saturated heterocycles. The summed E-state index contributed by atoms with van der Waals surface area (Å²) in [6.07, 6.45) is 0.184. The van der Waals surface area contributed by atoms with Gasteiger partial charge in [0, 0.05) is 5.56 Å². The molecule has 2 aromatic rings. The van der Waals surface area contributed by atoms with Crippen LogP contribution in [0.3, 0.4) is 0 Å². The molecule has 3 N–H and O–H groups in total. The van der Waals surface area contributed by atoms with E-state index in [1.54, 1.807) is 0 Å². The van der Waals surface area contributed by atoms with Gasteiger partial charge in [-0.25, -0.2) is 0 Å². The molecule has 0 spiro atoms. The predicted molar refractivity (Wildman–Crippen MR) is 80.0 cm³/mol. The van der Waals surface area contributed by atoms with Gasteiger partial charge in [0.15, 0.2) is 11.9 Å². The van der Waals surface area contributed by atoms with Crippen molar-refractivity contribution < 1.29 is 9.94 Å². The van der Waals surface area contributed by atoms with E-state index in [1.165, 1.54) is 0 Å². The van der Waals surface area contributed by atoms with Crippen LogP contribution in [-0.4, -0.2) is 17.1 Å². The predicted octanol–water partition coefficient (Wildman–Crippen LogP) is 3.26. The van der Waals surface area contributed by atoms with Crippen LogP contribution in [0.4, 0.5) is 0 Å². The quantitative estimate of drug-likeness (QED) is 0.379. The van der Waals surface area contributed by atoms with Gasteiger partial charge in [-0.3, -0.25) is 0 Å². The molecule has 0 radical (unpaired) electrons. The molecule has 0 saturated carbocycles. The van der Waals surface area contributed by atoms with Crippen molar-refractivity contribution in [1.29, 1.82) is 0 Å². The lowest BCUT2D eigenvalue weighted by atomic mass is 10.0. The largest absolute Gasteiger partial charge is 0.482 e. The van der Waals surface area contributed by atoms with Gasteiger partial charge in [-0.1, -0.05) is 60.6 Å². The van der Waals surface area contributed by atoms with Crippen LogP contribution in [0.25, 0.3) is 11.1 Å². The average Bonchev–Trinajstić information content (AvgIpc) is 2.53. The van der Waals surface area contributed by atoms with E-state index in [1.807, 2.05) is 61.5 Å². The van der Waals surface area contributed by atoms with Gasteiger partial charge in [-0.15, -0.1) is 0 Å². The Bertz CT molecular complexity index is 582. The third-order valence-electron chi connectivity index (χ3n) is 3.06. The zero-order valence-corrected chi connectivity index (χ0v) is 11.4. The number of nitrogens with zero attached hydrogens (tertiary/aromatic N) is 1. The number of oxime groups is 1. The SMILES string of the molecule is CCC(Oc1ccccc1-c1ccccc1)C(N)=NO. The van der Waals surface area contributed by atoms with Gasteiger partial charge in [0.05, 0.1) is 0 Å². The number of para-hydroxylation sites is 1. The van der Waals surface area contributed by atoms with E-state index in [-0.39, 0.29) is 5.84 Å². The number of hydrogen-bond acceptors (Lipinski definition) is 3. The molecule has 104 valence electrons. The van der Waals surface area contributed by atoms with Crippen LogP contribution in [0.2, 0.25) is 0 Å². The highest BCUT2D eigenvalue weighted by Crippen LogP contribution is 2.30. The van der Waals surface area contributed by atoms with Crippen LogP contribution < -0.4 is 10.5 Å². The van der Waals surface area contributed by atoms with E-state index >= 15 is 0 Å². The molecule has 4 heteroatoms. The summed E-state index contributed by atoms with van der Waals surface area (Å²) in [5.74, 6) is 0.799. The maximum atomic E-state index is 8.78. The second kappa shape index (κ2) is 6.61. The minimum atomic E-state index is -0.440. The molecule has 0 aromatic heterocycles. The van der Waals surface area contributed by atoms with Gasteiger partial charge in [0.2, 0.25) is 0 Å². The Balaban J connectivity index is 2.34. The van der Waals surface area contributed by atoms with Crippen molar-refractivity contribution in [3.8, 4) is 16.9 Å². The van der Waals surface area contributed by atoms with Crippen LogP contribution in [-0.2, 0) is 0 Å². The van der Waals surface area contributed by atoms with Crippen molar-refractivity contribution >= 4 is 5.84 Å². The number of nitrogens with two attached hydrogens (primary N) is 1. The Labute approximate surface area is 118 Å². The number of rotatable bonds is 5. The van der Waals surface area contributed by atoms with E-state index in [2.05, 4.69) is 5.16 Å². The fraction of sp³-hybridized carbons (Fsp3) is 0.188. The molecule has 0 aliphatic carbocycles. The van der Waals surface area contributed by atoms with Gasteiger partial charge >= 0.3 is 0 Å². The second-order valence-electron chi connectivity index (χ2n) is 4.40. The van der Waals surface area contributed by atoms with Gasteiger partial charge in [0.25, 0.3) is 0 Å². The summed E-state index contributed by atoms with van der Waals surface area (Å²) in [4.78, 5) is 0. The van der Waals surface area contributed by atoms with E-state index in [4.69, 9.17) is 15.7 Å². The van der Waals surface area contributed by atoms with E-state index in [0.29, 0.717) is 6.42 Å². The van der Waals surface area contributed by atoms with Crippen molar-refractivity contribution in [3.05, 3.63) is 54.6 Å². The van der Waals surface area contributed by atoms with Crippen molar-refractivity contribution in [2.75, 3.05) is 0 Å². The molecule has 0 heterocycles. The Hall–Kier alpha value is -2.49. The van der Waals surface area contributed by atoms with Crippen LogP contribution in [0, 0.1) is 0 Å². The molecule has 0 bridgehead atoms. The third kappa shape index (κ3) is 3.09. The second-order valence-corrected chi connectivity index (χ2v) is 4.40. The Kier molecular flexibility index (Phi) is 4.60. The molecule has 0 aliphatic heterocycles. The first-order valence-electron chi connectivity index (χ1n) is 6.54. The summed E-state index contributed by atoms with van der Waals surface area (Å²) in [7, 11) is 0. The van der Waals surface area contributed by atoms with Gasteiger partial charge < -0.3 is 15.7 Å². The fourth-order valence-electron chi connectivity index (χ4n) is 2.00.